The van der Waals surface area contributed by atoms with Gasteiger partial charge in [0.15, 0.2) is 0 Å². The highest BCUT2D eigenvalue weighted by Crippen LogP contribution is 2.17. The lowest BCUT2D eigenvalue weighted by atomic mass is 10.1. The van der Waals surface area contributed by atoms with Crippen LogP contribution in [0.4, 0.5) is 11.5 Å². The number of aryl methyl sites for hydroxylation is 1. The van der Waals surface area contributed by atoms with Crippen LogP contribution in [0.5, 0.6) is 0 Å². The Hall–Kier alpha value is -3.22. The summed E-state index contributed by atoms with van der Waals surface area (Å²) in [6.07, 6.45) is 1.69. The molecule has 0 atom stereocenters. The number of carbonyl (C=O) groups excluding carboxylic acids is 2. The molecule has 0 unspecified atom stereocenters. The smallest absolute Gasteiger partial charge is 0.340 e. The highest BCUT2D eigenvalue weighted by molar-refractivity contribution is 6.07. The third-order valence-corrected chi connectivity index (χ3v) is 3.17. The van der Waals surface area contributed by atoms with Crippen molar-refractivity contribution in [1.82, 2.24) is 9.97 Å². The molecule has 2 rings (SSSR count). The van der Waals surface area contributed by atoms with Crippen LogP contribution in [0.2, 0.25) is 0 Å². The van der Waals surface area contributed by atoms with E-state index in [2.05, 4.69) is 27.2 Å². The lowest BCUT2D eigenvalue weighted by Gasteiger charge is -2.11. The molecule has 7 nitrogen and oxygen atoms in total. The number of esters is 1. The van der Waals surface area contributed by atoms with Crippen LogP contribution < -0.4 is 10.6 Å². The Morgan fingerprint density at radius 2 is 2.04 bits per heavy atom. The van der Waals surface area contributed by atoms with Crippen molar-refractivity contribution in [2.45, 2.75) is 13.8 Å². The van der Waals surface area contributed by atoms with E-state index in [-0.39, 0.29) is 17.9 Å². The molecule has 1 aromatic carbocycles. The molecule has 0 spiro atoms. The van der Waals surface area contributed by atoms with Gasteiger partial charge in [0.2, 0.25) is 0 Å². The summed E-state index contributed by atoms with van der Waals surface area (Å²) >= 11 is 0. The maximum Gasteiger partial charge on any atom is 0.340 e. The summed E-state index contributed by atoms with van der Waals surface area (Å²) in [5, 5.41) is 5.72. The lowest BCUT2D eigenvalue weighted by molar-refractivity contribution is 0.0527. The molecule has 0 saturated carbocycles. The van der Waals surface area contributed by atoms with E-state index in [1.165, 1.54) is 0 Å². The second-order valence-electron chi connectivity index (χ2n) is 5.08. The largest absolute Gasteiger partial charge is 0.462 e. The standard InChI is InChI=1S/C18H20N4O3/c1-4-10-19-16-11-15(20-12(3)21-16)17(23)22-14-9-7-6-8-13(14)18(24)25-5-2/h4,6-9,11H,1,5,10H2,2-3H3,(H,22,23)(H,19,20,21). The van der Waals surface area contributed by atoms with E-state index < -0.39 is 11.9 Å². The van der Waals surface area contributed by atoms with Crippen LogP contribution in [0.3, 0.4) is 0 Å². The number of amides is 1. The van der Waals surface area contributed by atoms with Crippen LogP contribution in [0.25, 0.3) is 0 Å². The maximum atomic E-state index is 12.5. The van der Waals surface area contributed by atoms with Gasteiger partial charge < -0.3 is 15.4 Å². The lowest BCUT2D eigenvalue weighted by Crippen LogP contribution is -2.18. The quantitative estimate of drug-likeness (QED) is 0.595. The number of aromatic nitrogens is 2. The predicted molar refractivity (Wildman–Crippen MR) is 95.8 cm³/mol. The van der Waals surface area contributed by atoms with Crippen molar-refractivity contribution in [3.05, 3.63) is 60.1 Å². The first-order valence-electron chi connectivity index (χ1n) is 7.83. The van der Waals surface area contributed by atoms with E-state index in [1.807, 2.05) is 0 Å². The minimum atomic E-state index is -0.495. The van der Waals surface area contributed by atoms with Crippen molar-refractivity contribution in [2.24, 2.45) is 0 Å². The highest BCUT2D eigenvalue weighted by Gasteiger charge is 2.16. The molecular weight excluding hydrogens is 320 g/mol. The summed E-state index contributed by atoms with van der Waals surface area (Å²) < 4.78 is 5.00. The molecular formula is C18H20N4O3. The topological polar surface area (TPSA) is 93.2 Å². The fourth-order valence-electron chi connectivity index (χ4n) is 2.12. The molecule has 0 bridgehead atoms. The second kappa shape index (κ2) is 8.58. The highest BCUT2D eigenvalue weighted by atomic mass is 16.5. The molecule has 0 saturated heterocycles. The molecule has 1 amide bonds. The van der Waals surface area contributed by atoms with Crippen molar-refractivity contribution >= 4 is 23.4 Å². The van der Waals surface area contributed by atoms with Crippen LogP contribution in [0, 0.1) is 6.92 Å². The van der Waals surface area contributed by atoms with Gasteiger partial charge in [-0.25, -0.2) is 14.8 Å². The number of carbonyl (C=O) groups is 2. The Bertz CT molecular complexity index is 790. The van der Waals surface area contributed by atoms with Gasteiger partial charge in [0, 0.05) is 12.6 Å². The summed E-state index contributed by atoms with van der Waals surface area (Å²) in [6, 6.07) is 8.19. The third kappa shape index (κ3) is 4.87. The van der Waals surface area contributed by atoms with Crippen molar-refractivity contribution in [3.63, 3.8) is 0 Å². The Kier molecular flexibility index (Phi) is 6.22. The van der Waals surface area contributed by atoms with E-state index in [1.54, 1.807) is 50.3 Å². The molecule has 0 fully saturated rings. The number of benzene rings is 1. The first kappa shape index (κ1) is 18.1. The Balaban J connectivity index is 2.24. The minimum absolute atomic E-state index is 0.192. The number of para-hydroxylation sites is 1. The van der Waals surface area contributed by atoms with Gasteiger partial charge in [0.05, 0.1) is 17.9 Å². The van der Waals surface area contributed by atoms with Gasteiger partial charge in [0.25, 0.3) is 5.91 Å². The normalized spacial score (nSPS) is 10.0. The van der Waals surface area contributed by atoms with Crippen LogP contribution in [0.15, 0.2) is 43.0 Å². The zero-order valence-electron chi connectivity index (χ0n) is 14.2. The monoisotopic (exact) mass is 340 g/mol. The predicted octanol–water partition coefficient (Wildman–Crippen LogP) is 2.81. The van der Waals surface area contributed by atoms with Crippen LogP contribution in [0.1, 0.15) is 33.6 Å². The molecule has 2 aromatic rings. The van der Waals surface area contributed by atoms with Gasteiger partial charge in [-0.2, -0.15) is 0 Å². The van der Waals surface area contributed by atoms with E-state index in [0.29, 0.717) is 23.9 Å². The van der Waals surface area contributed by atoms with Crippen LogP contribution in [-0.4, -0.2) is 35.0 Å². The Labute approximate surface area is 146 Å². The summed E-state index contributed by atoms with van der Waals surface area (Å²) in [5.41, 5.74) is 0.842. The van der Waals surface area contributed by atoms with Gasteiger partial charge in [-0.1, -0.05) is 18.2 Å². The zero-order chi connectivity index (χ0) is 18.2. The molecule has 0 aliphatic rings. The number of anilines is 2. The zero-order valence-corrected chi connectivity index (χ0v) is 14.2. The molecule has 0 aliphatic heterocycles. The minimum Gasteiger partial charge on any atom is -0.462 e. The fraction of sp³-hybridized carbons (Fsp3) is 0.222. The van der Waals surface area contributed by atoms with E-state index in [0.717, 1.165) is 0 Å². The molecule has 1 aromatic heterocycles. The average Bonchev–Trinajstić information content (AvgIpc) is 2.60. The first-order valence-corrected chi connectivity index (χ1v) is 7.83. The van der Waals surface area contributed by atoms with Gasteiger partial charge in [0.1, 0.15) is 17.3 Å². The summed E-state index contributed by atoms with van der Waals surface area (Å²) in [6.45, 7) is 7.82. The van der Waals surface area contributed by atoms with Gasteiger partial charge in [-0.3, -0.25) is 4.79 Å². The number of hydrogen-bond acceptors (Lipinski definition) is 6. The first-order chi connectivity index (χ1) is 12.0. The fourth-order valence-corrected chi connectivity index (χ4v) is 2.12. The molecule has 130 valence electrons. The van der Waals surface area contributed by atoms with Gasteiger partial charge in [-0.05, 0) is 26.0 Å². The average molecular weight is 340 g/mol. The van der Waals surface area contributed by atoms with Crippen molar-refractivity contribution in [1.29, 1.82) is 0 Å². The number of ether oxygens (including phenoxy) is 1. The van der Waals surface area contributed by atoms with E-state index in [4.69, 9.17) is 4.74 Å². The number of nitrogens with one attached hydrogen (secondary N) is 2. The number of rotatable bonds is 7. The van der Waals surface area contributed by atoms with Crippen molar-refractivity contribution in [3.8, 4) is 0 Å². The van der Waals surface area contributed by atoms with Crippen molar-refractivity contribution in [2.75, 3.05) is 23.8 Å². The SMILES string of the molecule is C=CCNc1cc(C(=O)Nc2ccccc2C(=O)OCC)nc(C)n1. The van der Waals surface area contributed by atoms with Crippen molar-refractivity contribution < 1.29 is 14.3 Å². The molecule has 1 heterocycles. The van der Waals surface area contributed by atoms with E-state index >= 15 is 0 Å². The molecule has 2 N–H and O–H groups in total. The number of nitrogens with zero attached hydrogens (tertiary/aromatic N) is 2. The third-order valence-electron chi connectivity index (χ3n) is 3.17. The van der Waals surface area contributed by atoms with E-state index in [9.17, 15) is 9.59 Å². The maximum absolute atomic E-state index is 12.5. The molecule has 0 radical (unpaired) electrons. The number of hydrogen-bond donors (Lipinski definition) is 2. The molecule has 25 heavy (non-hydrogen) atoms. The van der Waals surface area contributed by atoms with Crippen LogP contribution in [-0.2, 0) is 4.74 Å². The summed E-state index contributed by atoms with van der Waals surface area (Å²) in [5.74, 6) is 0.0450. The van der Waals surface area contributed by atoms with Gasteiger partial charge >= 0.3 is 5.97 Å². The molecule has 7 heteroatoms. The Morgan fingerprint density at radius 3 is 2.76 bits per heavy atom. The summed E-state index contributed by atoms with van der Waals surface area (Å²) in [7, 11) is 0. The second-order valence-corrected chi connectivity index (χ2v) is 5.08. The summed E-state index contributed by atoms with van der Waals surface area (Å²) in [4.78, 5) is 32.9. The van der Waals surface area contributed by atoms with Crippen LogP contribution >= 0.6 is 0 Å². The molecule has 0 aliphatic carbocycles. The Morgan fingerprint density at radius 1 is 1.28 bits per heavy atom. The van der Waals surface area contributed by atoms with Gasteiger partial charge in [-0.15, -0.1) is 6.58 Å².